The standard InChI is InChI=1S/C7H8BCl/c1-5-4-6(9)2-3-7(5)8/h2-5,7H,1H3/t5?,7-/m1/s1. The minimum Gasteiger partial charge on any atom is -0.0881 e. The van der Waals surface area contributed by atoms with Gasteiger partial charge in [0.05, 0.1) is 7.85 Å². The molecule has 1 aliphatic carbocycles. The van der Waals surface area contributed by atoms with E-state index in [2.05, 4.69) is 6.92 Å². The molecule has 0 aromatic heterocycles. The molecule has 9 heavy (non-hydrogen) atoms. The minimum absolute atomic E-state index is 0.146. The van der Waals surface area contributed by atoms with Gasteiger partial charge in [0.1, 0.15) is 0 Å². The first-order valence-electron chi connectivity index (χ1n) is 3.01. The Morgan fingerprint density at radius 1 is 1.67 bits per heavy atom. The largest absolute Gasteiger partial charge is 0.0881 e. The quantitative estimate of drug-likeness (QED) is 0.451. The van der Waals surface area contributed by atoms with Gasteiger partial charge in [-0.25, -0.2) is 0 Å². The lowest BCUT2D eigenvalue weighted by Crippen LogP contribution is -2.02. The first-order valence-corrected chi connectivity index (χ1v) is 3.39. The summed E-state index contributed by atoms with van der Waals surface area (Å²) in [5.74, 6) is 0.523. The zero-order chi connectivity index (χ0) is 6.85. The van der Waals surface area contributed by atoms with E-state index in [0.29, 0.717) is 5.92 Å². The normalized spacial score (nSPS) is 34.2. The second-order valence-electron chi connectivity index (χ2n) is 2.35. The van der Waals surface area contributed by atoms with Gasteiger partial charge in [-0.05, 0) is 12.0 Å². The van der Waals surface area contributed by atoms with Gasteiger partial charge in [0.25, 0.3) is 0 Å². The van der Waals surface area contributed by atoms with Gasteiger partial charge in [0, 0.05) is 5.03 Å². The number of halogens is 1. The van der Waals surface area contributed by atoms with E-state index in [4.69, 9.17) is 19.4 Å². The van der Waals surface area contributed by atoms with Gasteiger partial charge in [-0.2, -0.15) is 0 Å². The molecule has 0 aromatic carbocycles. The van der Waals surface area contributed by atoms with Crippen LogP contribution < -0.4 is 0 Å². The number of rotatable bonds is 0. The molecule has 0 spiro atoms. The summed E-state index contributed by atoms with van der Waals surface area (Å²) in [7, 11) is 5.65. The molecule has 1 unspecified atom stereocenters. The van der Waals surface area contributed by atoms with Crippen LogP contribution in [-0.4, -0.2) is 7.85 Å². The summed E-state index contributed by atoms with van der Waals surface area (Å²) < 4.78 is 0. The van der Waals surface area contributed by atoms with Gasteiger partial charge in [-0.1, -0.05) is 36.5 Å². The van der Waals surface area contributed by atoms with Crippen molar-refractivity contribution in [3.05, 3.63) is 23.3 Å². The maximum atomic E-state index is 5.70. The Morgan fingerprint density at radius 2 is 2.33 bits per heavy atom. The lowest BCUT2D eigenvalue weighted by atomic mass is 9.75. The lowest BCUT2D eigenvalue weighted by molar-refractivity contribution is 0.732. The molecule has 0 bridgehead atoms. The molecule has 1 aliphatic rings. The zero-order valence-electron chi connectivity index (χ0n) is 5.34. The van der Waals surface area contributed by atoms with Crippen molar-refractivity contribution in [3.63, 3.8) is 0 Å². The molecule has 0 saturated carbocycles. The van der Waals surface area contributed by atoms with Crippen LogP contribution in [0.3, 0.4) is 0 Å². The van der Waals surface area contributed by atoms with Gasteiger partial charge in [0.15, 0.2) is 0 Å². The first kappa shape index (κ1) is 6.95. The van der Waals surface area contributed by atoms with Crippen LogP contribution in [0.15, 0.2) is 23.3 Å². The molecule has 46 valence electrons. The molecule has 0 N–H and O–H groups in total. The summed E-state index contributed by atoms with van der Waals surface area (Å²) in [5, 5.41) is 0.796. The van der Waals surface area contributed by atoms with E-state index in [0.717, 1.165) is 5.03 Å². The average molecular weight is 138 g/mol. The number of hydrogen-bond acceptors (Lipinski definition) is 0. The molecule has 2 atom stereocenters. The van der Waals surface area contributed by atoms with Crippen molar-refractivity contribution in [1.29, 1.82) is 0 Å². The topological polar surface area (TPSA) is 0 Å². The van der Waals surface area contributed by atoms with E-state index in [1.807, 2.05) is 18.2 Å². The van der Waals surface area contributed by atoms with E-state index in [9.17, 15) is 0 Å². The molecule has 0 aliphatic heterocycles. The van der Waals surface area contributed by atoms with Crippen molar-refractivity contribution in [2.45, 2.75) is 12.7 Å². The van der Waals surface area contributed by atoms with Gasteiger partial charge in [0.2, 0.25) is 0 Å². The fourth-order valence-electron chi connectivity index (χ4n) is 0.796. The van der Waals surface area contributed by atoms with Crippen molar-refractivity contribution >= 4 is 19.4 Å². The average Bonchev–Trinajstić information content (AvgIpc) is 1.80. The second-order valence-corrected chi connectivity index (χ2v) is 2.78. The smallest absolute Gasteiger partial charge is 0.0763 e. The molecule has 2 heteroatoms. The van der Waals surface area contributed by atoms with Crippen molar-refractivity contribution < 1.29 is 0 Å². The zero-order valence-corrected chi connectivity index (χ0v) is 6.10. The van der Waals surface area contributed by atoms with Crippen molar-refractivity contribution in [2.24, 2.45) is 5.92 Å². The Morgan fingerprint density at radius 3 is 2.78 bits per heavy atom. The number of allylic oxidation sites excluding steroid dienone is 4. The molecule has 0 heterocycles. The Kier molecular flexibility index (Phi) is 2.02. The summed E-state index contributed by atoms with van der Waals surface area (Å²) in [4.78, 5) is 0. The summed E-state index contributed by atoms with van der Waals surface area (Å²) >= 11 is 5.70. The van der Waals surface area contributed by atoms with Crippen molar-refractivity contribution in [2.75, 3.05) is 0 Å². The molecule has 0 nitrogen and oxygen atoms in total. The molecule has 1 rings (SSSR count). The van der Waals surface area contributed by atoms with Crippen molar-refractivity contribution in [1.82, 2.24) is 0 Å². The predicted molar refractivity (Wildman–Crippen MR) is 41.7 cm³/mol. The number of hydrogen-bond donors (Lipinski definition) is 0. The third kappa shape index (κ3) is 1.62. The summed E-state index contributed by atoms with van der Waals surface area (Å²) in [6.07, 6.45) is 5.73. The van der Waals surface area contributed by atoms with E-state index in [-0.39, 0.29) is 5.82 Å². The SMILES string of the molecule is [B][C@@H]1C=CC(Cl)=CC1C. The van der Waals surface area contributed by atoms with Crippen LogP contribution in [0.25, 0.3) is 0 Å². The highest BCUT2D eigenvalue weighted by Gasteiger charge is 2.09. The van der Waals surface area contributed by atoms with Crippen LogP contribution in [0, 0.1) is 5.92 Å². The highest BCUT2D eigenvalue weighted by atomic mass is 35.5. The highest BCUT2D eigenvalue weighted by Crippen LogP contribution is 2.25. The van der Waals surface area contributed by atoms with Crippen LogP contribution in [0.5, 0.6) is 0 Å². The fourth-order valence-corrected chi connectivity index (χ4v) is 1.07. The van der Waals surface area contributed by atoms with Crippen LogP contribution in [0.1, 0.15) is 6.92 Å². The fraction of sp³-hybridized carbons (Fsp3) is 0.429. The minimum atomic E-state index is 0.146. The molecular weight excluding hydrogens is 130 g/mol. The third-order valence-corrected chi connectivity index (χ3v) is 1.76. The van der Waals surface area contributed by atoms with E-state index < -0.39 is 0 Å². The molecule has 0 saturated heterocycles. The molecule has 2 radical (unpaired) electrons. The molecular formula is C7H8BCl. The Balaban J connectivity index is 2.70. The summed E-state index contributed by atoms with van der Waals surface area (Å²) in [5.41, 5.74) is 0. The summed E-state index contributed by atoms with van der Waals surface area (Å²) in [6.45, 7) is 2.05. The predicted octanol–water partition coefficient (Wildman–Crippen LogP) is 2.27. The molecule has 0 fully saturated rings. The molecule has 0 amide bonds. The Bertz CT molecular complexity index is 160. The Hall–Kier alpha value is -0.165. The van der Waals surface area contributed by atoms with E-state index in [1.165, 1.54) is 0 Å². The van der Waals surface area contributed by atoms with Gasteiger partial charge in [-0.3, -0.25) is 0 Å². The van der Waals surface area contributed by atoms with Crippen LogP contribution in [0.4, 0.5) is 0 Å². The van der Waals surface area contributed by atoms with Gasteiger partial charge < -0.3 is 0 Å². The first-order chi connectivity index (χ1) is 4.20. The van der Waals surface area contributed by atoms with Crippen LogP contribution in [0.2, 0.25) is 5.82 Å². The maximum absolute atomic E-state index is 5.70. The van der Waals surface area contributed by atoms with E-state index in [1.54, 1.807) is 0 Å². The summed E-state index contributed by atoms with van der Waals surface area (Å²) in [6, 6.07) is 0. The Labute approximate surface area is 62.0 Å². The maximum Gasteiger partial charge on any atom is 0.0763 e. The van der Waals surface area contributed by atoms with Crippen molar-refractivity contribution in [3.8, 4) is 0 Å². The lowest BCUT2D eigenvalue weighted by Gasteiger charge is -2.16. The van der Waals surface area contributed by atoms with Gasteiger partial charge in [-0.15, -0.1) is 0 Å². The van der Waals surface area contributed by atoms with E-state index >= 15 is 0 Å². The highest BCUT2D eigenvalue weighted by molar-refractivity contribution is 6.31. The van der Waals surface area contributed by atoms with Crippen LogP contribution in [-0.2, 0) is 0 Å². The second kappa shape index (κ2) is 2.61. The third-order valence-electron chi connectivity index (χ3n) is 1.51. The van der Waals surface area contributed by atoms with Gasteiger partial charge >= 0.3 is 0 Å². The monoisotopic (exact) mass is 138 g/mol. The van der Waals surface area contributed by atoms with Crippen LogP contribution >= 0.6 is 11.6 Å². The molecule has 0 aromatic rings.